The second-order valence-corrected chi connectivity index (χ2v) is 3.49. The van der Waals surface area contributed by atoms with Gasteiger partial charge in [-0.25, -0.2) is 22.4 Å². The largest absolute Gasteiger partial charge is 0.462 e. The molecular formula is C10H12F4N2O2. The van der Waals surface area contributed by atoms with E-state index in [0.29, 0.717) is 6.42 Å². The number of hydrogen-bond acceptors (Lipinski definition) is 3. The standard InChI is InChI=1S/C10H12F4N2O2/c1-2-3-4-18-10(17)5-6(8(11)12)15-16-7(5)9(13)14/h8-9H,2-4H2,1H3,(H,15,16). The number of nitrogens with one attached hydrogen (secondary N) is 1. The van der Waals surface area contributed by atoms with Crippen LogP contribution in [-0.2, 0) is 4.74 Å². The Morgan fingerprint density at radius 2 is 2.00 bits per heavy atom. The van der Waals surface area contributed by atoms with Gasteiger partial charge in [0.05, 0.1) is 6.61 Å². The molecule has 0 unspecified atom stereocenters. The van der Waals surface area contributed by atoms with Gasteiger partial charge in [-0.05, 0) is 6.42 Å². The van der Waals surface area contributed by atoms with Crippen molar-refractivity contribution in [3.8, 4) is 0 Å². The van der Waals surface area contributed by atoms with Gasteiger partial charge >= 0.3 is 5.97 Å². The maximum atomic E-state index is 12.5. The van der Waals surface area contributed by atoms with E-state index in [1.807, 2.05) is 6.92 Å². The fourth-order valence-electron chi connectivity index (χ4n) is 1.28. The third kappa shape index (κ3) is 3.21. The number of ether oxygens (including phenoxy) is 1. The number of H-pyrrole nitrogens is 1. The molecule has 0 spiro atoms. The number of halogens is 4. The third-order valence-corrected chi connectivity index (χ3v) is 2.18. The lowest BCUT2D eigenvalue weighted by molar-refractivity contribution is 0.0477. The quantitative estimate of drug-likeness (QED) is 0.489. The average molecular weight is 268 g/mol. The number of nitrogens with zero attached hydrogens (tertiary/aromatic N) is 1. The van der Waals surface area contributed by atoms with E-state index in [1.54, 1.807) is 5.10 Å². The van der Waals surface area contributed by atoms with Crippen molar-refractivity contribution in [2.75, 3.05) is 6.61 Å². The summed E-state index contributed by atoms with van der Waals surface area (Å²) in [6, 6.07) is 0. The Balaban J connectivity index is 2.96. The van der Waals surface area contributed by atoms with E-state index in [1.165, 1.54) is 0 Å². The highest BCUT2D eigenvalue weighted by molar-refractivity contribution is 5.92. The van der Waals surface area contributed by atoms with Crippen LogP contribution in [0.15, 0.2) is 0 Å². The first-order valence-corrected chi connectivity index (χ1v) is 5.30. The summed E-state index contributed by atoms with van der Waals surface area (Å²) in [6.45, 7) is 1.83. The Bertz CT molecular complexity index is 381. The van der Waals surface area contributed by atoms with Crippen LogP contribution in [0.4, 0.5) is 17.6 Å². The predicted molar refractivity (Wildman–Crippen MR) is 53.7 cm³/mol. The highest BCUT2D eigenvalue weighted by Crippen LogP contribution is 2.29. The molecule has 1 aromatic rings. The summed E-state index contributed by atoms with van der Waals surface area (Å²) in [5, 5.41) is 4.78. The van der Waals surface area contributed by atoms with Crippen molar-refractivity contribution < 1.29 is 27.1 Å². The monoisotopic (exact) mass is 268 g/mol. The van der Waals surface area contributed by atoms with E-state index >= 15 is 0 Å². The molecule has 0 aliphatic carbocycles. The zero-order valence-electron chi connectivity index (χ0n) is 9.55. The van der Waals surface area contributed by atoms with E-state index in [-0.39, 0.29) is 6.61 Å². The van der Waals surface area contributed by atoms with Gasteiger partial charge in [-0.1, -0.05) is 13.3 Å². The van der Waals surface area contributed by atoms with E-state index in [0.717, 1.165) is 6.42 Å². The lowest BCUT2D eigenvalue weighted by Gasteiger charge is -2.06. The van der Waals surface area contributed by atoms with Crippen molar-refractivity contribution in [2.45, 2.75) is 32.6 Å². The summed E-state index contributed by atoms with van der Waals surface area (Å²) in [4.78, 5) is 11.5. The molecule has 0 aromatic carbocycles. The molecule has 0 aliphatic rings. The molecule has 0 saturated heterocycles. The molecule has 1 heterocycles. The molecule has 0 bridgehead atoms. The zero-order valence-corrected chi connectivity index (χ0v) is 9.55. The van der Waals surface area contributed by atoms with Crippen LogP contribution in [0, 0.1) is 0 Å². The van der Waals surface area contributed by atoms with Gasteiger partial charge in [0.15, 0.2) is 0 Å². The minimum atomic E-state index is -3.12. The number of aromatic nitrogens is 2. The summed E-state index contributed by atoms with van der Waals surface area (Å²) in [6.07, 6.45) is -4.97. The molecule has 0 aliphatic heterocycles. The van der Waals surface area contributed by atoms with Crippen LogP contribution in [0.3, 0.4) is 0 Å². The van der Waals surface area contributed by atoms with Gasteiger partial charge in [0, 0.05) is 0 Å². The number of aromatic amines is 1. The van der Waals surface area contributed by atoms with Crippen LogP contribution < -0.4 is 0 Å². The number of esters is 1. The summed E-state index contributed by atoms with van der Waals surface area (Å²) < 4.78 is 54.7. The van der Waals surface area contributed by atoms with Crippen LogP contribution in [0.5, 0.6) is 0 Å². The number of carbonyl (C=O) groups is 1. The van der Waals surface area contributed by atoms with E-state index in [2.05, 4.69) is 9.84 Å². The molecule has 8 heteroatoms. The van der Waals surface area contributed by atoms with Gasteiger partial charge in [-0.2, -0.15) is 5.10 Å². The summed E-state index contributed by atoms with van der Waals surface area (Å²) in [5.74, 6) is -1.21. The minimum absolute atomic E-state index is 0.00807. The highest BCUT2D eigenvalue weighted by Gasteiger charge is 2.30. The lowest BCUT2D eigenvalue weighted by Crippen LogP contribution is -2.11. The molecule has 0 fully saturated rings. The molecule has 1 rings (SSSR count). The third-order valence-electron chi connectivity index (χ3n) is 2.18. The van der Waals surface area contributed by atoms with Crippen molar-refractivity contribution >= 4 is 5.97 Å². The van der Waals surface area contributed by atoms with Gasteiger partial charge in [-0.15, -0.1) is 0 Å². The van der Waals surface area contributed by atoms with Crippen LogP contribution in [-0.4, -0.2) is 22.8 Å². The van der Waals surface area contributed by atoms with Crippen molar-refractivity contribution in [1.29, 1.82) is 0 Å². The zero-order chi connectivity index (χ0) is 13.7. The smallest absolute Gasteiger partial charge is 0.342 e. The Morgan fingerprint density at radius 1 is 1.33 bits per heavy atom. The van der Waals surface area contributed by atoms with Crippen LogP contribution in [0.25, 0.3) is 0 Å². The molecule has 0 amide bonds. The van der Waals surface area contributed by atoms with E-state index in [9.17, 15) is 22.4 Å². The number of unbranched alkanes of at least 4 members (excludes halogenated alkanes) is 1. The minimum Gasteiger partial charge on any atom is -0.462 e. The Kier molecular flexibility index (Phi) is 5.11. The molecule has 102 valence electrons. The SMILES string of the molecule is CCCCOC(=O)c1c(C(F)F)n[nH]c1C(F)F. The van der Waals surface area contributed by atoms with Crippen molar-refractivity contribution in [2.24, 2.45) is 0 Å². The van der Waals surface area contributed by atoms with Gasteiger partial charge in [0.2, 0.25) is 0 Å². The van der Waals surface area contributed by atoms with Gasteiger partial charge in [-0.3, -0.25) is 5.10 Å². The number of hydrogen-bond donors (Lipinski definition) is 1. The summed E-state index contributed by atoms with van der Waals surface area (Å²) >= 11 is 0. The fraction of sp³-hybridized carbons (Fsp3) is 0.600. The number of carbonyl (C=O) groups excluding carboxylic acids is 1. The van der Waals surface area contributed by atoms with Crippen LogP contribution in [0.1, 0.15) is 54.4 Å². The van der Waals surface area contributed by atoms with Gasteiger partial charge in [0.25, 0.3) is 12.9 Å². The lowest BCUT2D eigenvalue weighted by atomic mass is 10.2. The van der Waals surface area contributed by atoms with Crippen molar-refractivity contribution in [1.82, 2.24) is 10.2 Å². The van der Waals surface area contributed by atoms with Crippen LogP contribution >= 0.6 is 0 Å². The molecule has 4 nitrogen and oxygen atoms in total. The molecule has 0 atom stereocenters. The molecular weight excluding hydrogens is 256 g/mol. The predicted octanol–water partition coefficient (Wildman–Crippen LogP) is 3.24. The first-order valence-electron chi connectivity index (χ1n) is 5.30. The Labute approximate surface area is 100 Å². The van der Waals surface area contributed by atoms with E-state index < -0.39 is 35.8 Å². The highest BCUT2D eigenvalue weighted by atomic mass is 19.3. The summed E-state index contributed by atoms with van der Waals surface area (Å²) in [7, 11) is 0. The molecule has 1 aromatic heterocycles. The Morgan fingerprint density at radius 3 is 2.50 bits per heavy atom. The second-order valence-electron chi connectivity index (χ2n) is 3.49. The number of alkyl halides is 4. The summed E-state index contributed by atoms with van der Waals surface area (Å²) in [5.41, 5.74) is -2.81. The molecule has 1 N–H and O–H groups in total. The molecule has 0 radical (unpaired) electrons. The van der Waals surface area contributed by atoms with Gasteiger partial charge in [0.1, 0.15) is 17.0 Å². The topological polar surface area (TPSA) is 55.0 Å². The van der Waals surface area contributed by atoms with Gasteiger partial charge < -0.3 is 4.74 Å². The number of rotatable bonds is 6. The first-order chi connectivity index (χ1) is 8.49. The Hall–Kier alpha value is -1.60. The maximum absolute atomic E-state index is 12.5. The van der Waals surface area contributed by atoms with Crippen molar-refractivity contribution in [3.63, 3.8) is 0 Å². The normalized spacial score (nSPS) is 11.3. The molecule has 0 saturated carbocycles. The fourth-order valence-corrected chi connectivity index (χ4v) is 1.28. The second kappa shape index (κ2) is 6.36. The van der Waals surface area contributed by atoms with Crippen LogP contribution in [0.2, 0.25) is 0 Å². The first kappa shape index (κ1) is 14.5. The van der Waals surface area contributed by atoms with E-state index in [4.69, 9.17) is 0 Å². The average Bonchev–Trinajstić information content (AvgIpc) is 2.73. The van der Waals surface area contributed by atoms with Crippen molar-refractivity contribution in [3.05, 3.63) is 17.0 Å². The molecule has 18 heavy (non-hydrogen) atoms. The maximum Gasteiger partial charge on any atom is 0.342 e.